The molecule has 0 aliphatic carbocycles. The van der Waals surface area contributed by atoms with E-state index in [0.717, 1.165) is 17.1 Å². The molecule has 108 valence electrons. The maximum absolute atomic E-state index is 12.7. The molecule has 3 N–H and O–H groups in total. The van der Waals surface area contributed by atoms with Crippen molar-refractivity contribution in [1.82, 2.24) is 14.5 Å². The number of carboxylic acid groups (broad SMARTS) is 1. The van der Waals surface area contributed by atoms with E-state index in [1.165, 1.54) is 0 Å². The van der Waals surface area contributed by atoms with Gasteiger partial charge in [0.05, 0.1) is 12.7 Å². The van der Waals surface area contributed by atoms with E-state index >= 15 is 0 Å². The number of carboxylic acids is 1. The lowest BCUT2D eigenvalue weighted by molar-refractivity contribution is -0.137. The first-order valence-corrected chi connectivity index (χ1v) is 6.37. The van der Waals surface area contributed by atoms with Crippen LogP contribution in [0.1, 0.15) is 0 Å². The van der Waals surface area contributed by atoms with Crippen molar-refractivity contribution in [2.45, 2.75) is 17.4 Å². The Bertz CT molecular complexity index is 556. The average molecular weight is 299 g/mol. The van der Waals surface area contributed by atoms with Crippen molar-refractivity contribution >= 4 is 16.0 Å². The van der Waals surface area contributed by atoms with Crippen molar-refractivity contribution < 1.29 is 32.2 Å². The molecule has 8 nitrogen and oxygen atoms in total. The Labute approximate surface area is 106 Å². The molecular formula is C8H11F2N3O5S. The molecule has 0 spiro atoms. The first-order chi connectivity index (χ1) is 8.66. The number of rotatable bonds is 7. The van der Waals surface area contributed by atoms with Crippen LogP contribution in [0.25, 0.3) is 0 Å². The third kappa shape index (κ3) is 4.54. The lowest BCUT2D eigenvalue weighted by Crippen LogP contribution is -2.38. The lowest BCUT2D eigenvalue weighted by Gasteiger charge is -2.13. The summed E-state index contributed by atoms with van der Waals surface area (Å²) in [4.78, 5) is 9.93. The van der Waals surface area contributed by atoms with Crippen molar-refractivity contribution in [3.63, 3.8) is 0 Å². The van der Waals surface area contributed by atoms with Gasteiger partial charge in [0.2, 0.25) is 10.0 Å². The molecule has 19 heavy (non-hydrogen) atoms. The summed E-state index contributed by atoms with van der Waals surface area (Å²) in [6.07, 6.45) is 1.73. The zero-order valence-electron chi connectivity index (χ0n) is 9.45. The molecule has 0 saturated heterocycles. The lowest BCUT2D eigenvalue weighted by atomic mass is 10.4. The minimum atomic E-state index is -4.24. The van der Waals surface area contributed by atoms with Crippen LogP contribution in [-0.4, -0.2) is 53.5 Å². The minimum Gasteiger partial charge on any atom is -0.480 e. The van der Waals surface area contributed by atoms with Crippen LogP contribution in [0.5, 0.6) is 0 Å². The van der Waals surface area contributed by atoms with Crippen molar-refractivity contribution in [3.05, 3.63) is 12.4 Å². The van der Waals surface area contributed by atoms with Gasteiger partial charge in [-0.2, -0.15) is 5.10 Å². The van der Waals surface area contributed by atoms with E-state index in [1.54, 1.807) is 4.72 Å². The van der Waals surface area contributed by atoms with Crippen LogP contribution < -0.4 is 4.72 Å². The van der Waals surface area contributed by atoms with Gasteiger partial charge in [0.1, 0.15) is 18.0 Å². The Kier molecular flexibility index (Phi) is 4.55. The van der Waals surface area contributed by atoms with E-state index in [0.29, 0.717) is 0 Å². The third-order valence-corrected chi connectivity index (χ3v) is 3.33. The van der Waals surface area contributed by atoms with Crippen molar-refractivity contribution in [1.29, 1.82) is 0 Å². The SMILES string of the molecule is O=C(O)Cn1cc(S(=O)(=O)NCC(F)(F)CO)cn1. The van der Waals surface area contributed by atoms with E-state index in [9.17, 15) is 22.0 Å². The van der Waals surface area contributed by atoms with Gasteiger partial charge in [-0.05, 0) is 0 Å². The monoisotopic (exact) mass is 299 g/mol. The van der Waals surface area contributed by atoms with Crippen LogP contribution in [0.15, 0.2) is 17.3 Å². The molecule has 0 aliphatic rings. The smallest absolute Gasteiger partial charge is 0.325 e. The minimum absolute atomic E-state index is 0.442. The standard InChI is InChI=1S/C8H11F2N3O5S/c9-8(10,5-14)4-12-19(17,18)6-1-11-13(2-6)3-7(15)16/h1-2,12,14H,3-5H2,(H,15,16). The van der Waals surface area contributed by atoms with Crippen LogP contribution in [0.4, 0.5) is 8.78 Å². The number of carbonyl (C=O) groups is 1. The average Bonchev–Trinajstić information content (AvgIpc) is 2.75. The van der Waals surface area contributed by atoms with Crippen molar-refractivity contribution in [3.8, 4) is 0 Å². The summed E-state index contributed by atoms with van der Waals surface area (Å²) < 4.78 is 51.0. The summed E-state index contributed by atoms with van der Waals surface area (Å²) >= 11 is 0. The fraction of sp³-hybridized carbons (Fsp3) is 0.500. The van der Waals surface area contributed by atoms with Gasteiger partial charge in [-0.25, -0.2) is 21.9 Å². The Morgan fingerprint density at radius 3 is 2.68 bits per heavy atom. The highest BCUT2D eigenvalue weighted by atomic mass is 32.2. The summed E-state index contributed by atoms with van der Waals surface area (Å²) in [6.45, 7) is -3.31. The normalized spacial score (nSPS) is 12.6. The number of hydrogen-bond acceptors (Lipinski definition) is 5. The van der Waals surface area contributed by atoms with Gasteiger partial charge in [0.15, 0.2) is 0 Å². The van der Waals surface area contributed by atoms with Crippen LogP contribution in [-0.2, 0) is 21.4 Å². The highest BCUT2D eigenvalue weighted by molar-refractivity contribution is 7.89. The fourth-order valence-electron chi connectivity index (χ4n) is 1.05. The molecule has 0 aromatic carbocycles. The van der Waals surface area contributed by atoms with Gasteiger partial charge in [-0.15, -0.1) is 0 Å². The second-order valence-corrected chi connectivity index (χ2v) is 5.37. The molecule has 0 bridgehead atoms. The number of aliphatic hydroxyl groups is 1. The maximum atomic E-state index is 12.7. The number of aliphatic carboxylic acids is 1. The zero-order chi connectivity index (χ0) is 14.7. The Balaban J connectivity index is 2.78. The van der Waals surface area contributed by atoms with Gasteiger partial charge in [0.25, 0.3) is 5.92 Å². The van der Waals surface area contributed by atoms with Crippen LogP contribution in [0.2, 0.25) is 0 Å². The zero-order valence-corrected chi connectivity index (χ0v) is 10.3. The predicted octanol–water partition coefficient (Wildman–Crippen LogP) is -1.13. The number of halogens is 2. The van der Waals surface area contributed by atoms with Crippen LogP contribution in [0, 0.1) is 0 Å². The highest BCUT2D eigenvalue weighted by Crippen LogP contribution is 2.13. The number of aromatic nitrogens is 2. The topological polar surface area (TPSA) is 122 Å². The second-order valence-electron chi connectivity index (χ2n) is 3.61. The molecule has 0 aliphatic heterocycles. The Morgan fingerprint density at radius 2 is 2.16 bits per heavy atom. The Hall–Kier alpha value is -1.59. The molecule has 1 heterocycles. The number of sulfonamides is 1. The molecule has 1 rings (SSSR count). The molecule has 0 atom stereocenters. The van der Waals surface area contributed by atoms with Crippen molar-refractivity contribution in [2.24, 2.45) is 0 Å². The fourth-order valence-corrected chi connectivity index (χ4v) is 2.06. The first-order valence-electron chi connectivity index (χ1n) is 4.89. The molecule has 1 aromatic heterocycles. The number of hydrogen-bond donors (Lipinski definition) is 3. The predicted molar refractivity (Wildman–Crippen MR) is 57.1 cm³/mol. The van der Waals surface area contributed by atoms with Gasteiger partial charge >= 0.3 is 5.97 Å². The van der Waals surface area contributed by atoms with Crippen molar-refractivity contribution in [2.75, 3.05) is 13.2 Å². The molecule has 11 heteroatoms. The van der Waals surface area contributed by atoms with Gasteiger partial charge in [-0.3, -0.25) is 9.48 Å². The van der Waals surface area contributed by atoms with Gasteiger partial charge < -0.3 is 10.2 Å². The molecular weight excluding hydrogens is 288 g/mol. The van der Waals surface area contributed by atoms with E-state index in [4.69, 9.17) is 10.2 Å². The number of alkyl halides is 2. The Morgan fingerprint density at radius 1 is 1.53 bits per heavy atom. The largest absolute Gasteiger partial charge is 0.480 e. The number of nitrogens with zero attached hydrogens (tertiary/aromatic N) is 2. The summed E-state index contributed by atoms with van der Waals surface area (Å²) in [5, 5.41) is 20.2. The van der Waals surface area contributed by atoms with E-state index in [2.05, 4.69) is 5.10 Å². The summed E-state index contributed by atoms with van der Waals surface area (Å²) in [6, 6.07) is 0. The van der Waals surface area contributed by atoms with E-state index < -0.39 is 46.5 Å². The molecule has 0 fully saturated rings. The second kappa shape index (κ2) is 5.59. The summed E-state index contributed by atoms with van der Waals surface area (Å²) in [5.41, 5.74) is 0. The third-order valence-electron chi connectivity index (χ3n) is 1.97. The van der Waals surface area contributed by atoms with Gasteiger partial charge in [-0.1, -0.05) is 0 Å². The van der Waals surface area contributed by atoms with Crippen LogP contribution in [0.3, 0.4) is 0 Å². The highest BCUT2D eigenvalue weighted by Gasteiger charge is 2.30. The first kappa shape index (κ1) is 15.5. The van der Waals surface area contributed by atoms with E-state index in [-0.39, 0.29) is 0 Å². The number of aliphatic hydroxyl groups excluding tert-OH is 1. The summed E-state index contributed by atoms with van der Waals surface area (Å²) in [7, 11) is -4.24. The molecule has 0 radical (unpaired) electrons. The maximum Gasteiger partial charge on any atom is 0.325 e. The molecule has 1 aromatic rings. The van der Waals surface area contributed by atoms with E-state index in [1.807, 2.05) is 0 Å². The summed E-state index contributed by atoms with van der Waals surface area (Å²) in [5.74, 6) is -4.81. The number of nitrogens with one attached hydrogen (secondary N) is 1. The molecule has 0 unspecified atom stereocenters. The van der Waals surface area contributed by atoms with Gasteiger partial charge in [0, 0.05) is 6.20 Å². The van der Waals surface area contributed by atoms with Crippen LogP contribution >= 0.6 is 0 Å². The molecule has 0 saturated carbocycles. The quantitative estimate of drug-likeness (QED) is 0.586. The molecule has 0 amide bonds.